The number of hydrogen-bond donors (Lipinski definition) is 1. The monoisotopic (exact) mass is 648 g/mol. The van der Waals surface area contributed by atoms with E-state index in [-0.39, 0.29) is 18.8 Å². The van der Waals surface area contributed by atoms with Gasteiger partial charge in [-0.15, -0.1) is 0 Å². The Morgan fingerprint density at radius 1 is 0.826 bits per heavy atom. The van der Waals surface area contributed by atoms with Gasteiger partial charge in [-0.25, -0.2) is 14.4 Å². The third-order valence-electron chi connectivity index (χ3n) is 10.6. The fourth-order valence-electron chi connectivity index (χ4n) is 7.61. The summed E-state index contributed by atoms with van der Waals surface area (Å²) in [6, 6.07) is 13.1. The Labute approximate surface area is 270 Å². The fraction of sp³-hybridized carbons (Fsp3) is 0.606. The second kappa shape index (κ2) is 12.5. The van der Waals surface area contributed by atoms with Crippen LogP contribution in [0.25, 0.3) is 16.7 Å². The maximum Gasteiger partial charge on any atom is 0.304 e. The van der Waals surface area contributed by atoms with Crippen molar-refractivity contribution >= 4 is 32.8 Å². The molecule has 0 bridgehead atoms. The van der Waals surface area contributed by atoms with Crippen LogP contribution < -0.4 is 9.62 Å². The third kappa shape index (κ3) is 5.92. The lowest BCUT2D eigenvalue weighted by Gasteiger charge is -2.43. The molecule has 2 aliphatic carbocycles. The number of amides is 1. The van der Waals surface area contributed by atoms with Crippen LogP contribution in [0, 0.1) is 0 Å². The average molecular weight is 649 g/mol. The Hall–Kier alpha value is -3.10. The Kier molecular flexibility index (Phi) is 8.22. The summed E-state index contributed by atoms with van der Waals surface area (Å²) >= 11 is 0. The van der Waals surface area contributed by atoms with Crippen molar-refractivity contribution in [2.75, 3.05) is 70.5 Å². The van der Waals surface area contributed by atoms with Crippen LogP contribution in [0.1, 0.15) is 67.0 Å². The molecule has 13 heteroatoms. The zero-order valence-electron chi connectivity index (χ0n) is 26.4. The highest BCUT2D eigenvalue weighted by Crippen LogP contribution is 2.43. The molecule has 5 fully saturated rings. The molecular formula is C33H44N8O4S. The Bertz CT molecular complexity index is 1670. The molecule has 1 N–H and O–H groups in total. The topological polar surface area (TPSA) is 116 Å². The van der Waals surface area contributed by atoms with Crippen LogP contribution in [0.2, 0.25) is 0 Å². The first kappa shape index (κ1) is 30.2. The molecule has 2 aromatic heterocycles. The van der Waals surface area contributed by atoms with Crippen molar-refractivity contribution < 1.29 is 17.9 Å². The maximum absolute atomic E-state index is 13.7. The molecule has 12 nitrogen and oxygen atoms in total. The number of hydrogen-bond acceptors (Lipinski definition) is 9. The number of benzene rings is 1. The summed E-state index contributed by atoms with van der Waals surface area (Å²) in [5, 5.41) is 6.13. The van der Waals surface area contributed by atoms with Crippen LogP contribution >= 0.6 is 0 Å². The molecule has 3 aliphatic heterocycles. The van der Waals surface area contributed by atoms with E-state index in [1.807, 2.05) is 35.0 Å². The summed E-state index contributed by atoms with van der Waals surface area (Å²) < 4.78 is 37.0. The minimum absolute atomic E-state index is 0.0786. The Morgan fingerprint density at radius 2 is 1.48 bits per heavy atom. The van der Waals surface area contributed by atoms with Crippen molar-refractivity contribution in [1.82, 2.24) is 33.6 Å². The molecule has 0 radical (unpaired) electrons. The number of nitrogens with zero attached hydrogens (tertiary/aromatic N) is 7. The number of ether oxygens (including phenoxy) is 1. The van der Waals surface area contributed by atoms with Crippen molar-refractivity contribution in [2.45, 2.75) is 62.9 Å². The smallest absolute Gasteiger partial charge is 0.304 e. The lowest BCUT2D eigenvalue weighted by molar-refractivity contribution is 0.0718. The van der Waals surface area contributed by atoms with Gasteiger partial charge in [0.15, 0.2) is 5.65 Å². The number of aromatic nitrogens is 3. The van der Waals surface area contributed by atoms with Crippen molar-refractivity contribution in [3.8, 4) is 5.69 Å². The second-order valence-electron chi connectivity index (χ2n) is 13.5. The Morgan fingerprint density at radius 3 is 2.09 bits per heavy atom. The highest BCUT2D eigenvalue weighted by Gasteiger charge is 2.36. The van der Waals surface area contributed by atoms with Crippen molar-refractivity contribution in [2.24, 2.45) is 0 Å². The minimum Gasteiger partial charge on any atom is -0.379 e. The lowest BCUT2D eigenvalue weighted by atomic mass is 9.82. The molecule has 3 aromatic rings. The average Bonchev–Trinajstić information content (AvgIpc) is 3.86. The number of anilines is 1. The number of carbonyl (C=O) groups is 1. The number of morpholine rings is 1. The number of piperazine rings is 1. The third-order valence-corrected chi connectivity index (χ3v) is 12.1. The van der Waals surface area contributed by atoms with E-state index in [4.69, 9.17) is 14.8 Å². The number of para-hydroxylation sites is 1. The number of carbonyl (C=O) groups excluding carboxylic acids is 1. The molecule has 1 amide bonds. The molecule has 5 aliphatic rings. The first-order valence-corrected chi connectivity index (χ1v) is 18.5. The van der Waals surface area contributed by atoms with Gasteiger partial charge >= 0.3 is 10.2 Å². The van der Waals surface area contributed by atoms with Crippen LogP contribution in [0.5, 0.6) is 0 Å². The van der Waals surface area contributed by atoms with Crippen LogP contribution in [0.15, 0.2) is 36.4 Å². The molecule has 246 valence electrons. The molecule has 0 unspecified atom stereocenters. The van der Waals surface area contributed by atoms with Crippen LogP contribution in [0.4, 0.5) is 5.69 Å². The van der Waals surface area contributed by atoms with Crippen LogP contribution in [-0.2, 0) is 14.9 Å². The summed E-state index contributed by atoms with van der Waals surface area (Å²) in [5.41, 5.74) is 3.49. The largest absolute Gasteiger partial charge is 0.379 e. The number of pyridine rings is 1. The van der Waals surface area contributed by atoms with E-state index >= 15 is 0 Å². The number of nitrogens with one attached hydrogen (secondary N) is 1. The second-order valence-corrected chi connectivity index (χ2v) is 15.1. The summed E-state index contributed by atoms with van der Waals surface area (Å²) in [4.78, 5) is 26.3. The van der Waals surface area contributed by atoms with E-state index < -0.39 is 16.1 Å². The van der Waals surface area contributed by atoms with E-state index in [1.165, 1.54) is 36.7 Å². The van der Waals surface area contributed by atoms with E-state index in [9.17, 15) is 13.2 Å². The van der Waals surface area contributed by atoms with Gasteiger partial charge in [0, 0.05) is 70.4 Å². The van der Waals surface area contributed by atoms with Gasteiger partial charge in [-0.05, 0) is 56.7 Å². The standard InChI is InChI=1S/C33H44N8O4S/c42-33(36-46(43,44)40-19-21-45-22-20-40)28-23-29(39-13-11-26(12-14-39)38-17-15-37(16-18-38)25-9-10-25)30-31(24-5-4-6-24)35-41(32(30)34-28)27-7-2-1-3-8-27/h1-3,7-8,23-26H,4-6,9-22H2,(H,36,42). The van der Waals surface area contributed by atoms with Crippen molar-refractivity contribution in [3.63, 3.8) is 0 Å². The minimum atomic E-state index is -4.04. The van der Waals surface area contributed by atoms with Gasteiger partial charge in [-0.3, -0.25) is 14.6 Å². The van der Waals surface area contributed by atoms with E-state index in [1.54, 1.807) is 6.07 Å². The first-order chi connectivity index (χ1) is 22.4. The highest BCUT2D eigenvalue weighted by atomic mass is 32.2. The van der Waals surface area contributed by atoms with E-state index in [2.05, 4.69) is 19.4 Å². The maximum atomic E-state index is 13.7. The molecule has 2 saturated carbocycles. The predicted octanol–water partition coefficient (Wildman–Crippen LogP) is 2.74. The number of fused-ring (bicyclic) bond motifs is 1. The zero-order chi connectivity index (χ0) is 31.3. The summed E-state index contributed by atoms with van der Waals surface area (Å²) in [5.74, 6) is -0.390. The van der Waals surface area contributed by atoms with Gasteiger partial charge < -0.3 is 9.64 Å². The van der Waals surface area contributed by atoms with Crippen molar-refractivity contribution in [3.05, 3.63) is 47.8 Å². The fourth-order valence-corrected chi connectivity index (χ4v) is 8.70. The molecule has 3 saturated heterocycles. The van der Waals surface area contributed by atoms with Crippen molar-refractivity contribution in [1.29, 1.82) is 0 Å². The molecule has 5 heterocycles. The molecular weight excluding hydrogens is 604 g/mol. The van der Waals surface area contributed by atoms with Gasteiger partial charge in [0.25, 0.3) is 5.91 Å². The molecule has 0 atom stereocenters. The van der Waals surface area contributed by atoms with Gasteiger partial charge in [-0.1, -0.05) is 24.6 Å². The summed E-state index contributed by atoms with van der Waals surface area (Å²) in [6.45, 7) is 7.35. The first-order valence-electron chi connectivity index (χ1n) is 17.1. The van der Waals surface area contributed by atoms with Gasteiger partial charge in [-0.2, -0.15) is 17.8 Å². The van der Waals surface area contributed by atoms with Gasteiger partial charge in [0.2, 0.25) is 0 Å². The van der Waals surface area contributed by atoms with Crippen LogP contribution in [-0.4, -0.2) is 121 Å². The zero-order valence-corrected chi connectivity index (χ0v) is 27.2. The van der Waals surface area contributed by atoms with E-state index in [0.717, 1.165) is 80.4 Å². The summed E-state index contributed by atoms with van der Waals surface area (Å²) in [7, 11) is -4.04. The Balaban J connectivity index is 1.13. The molecule has 8 rings (SSSR count). The SMILES string of the molecule is O=C(NS(=O)(=O)N1CCOCC1)c1cc(N2CCC(N3CCN(C4CC4)CC3)CC2)c2c(C3CCC3)nn(-c3ccccc3)c2n1. The molecule has 46 heavy (non-hydrogen) atoms. The predicted molar refractivity (Wildman–Crippen MR) is 176 cm³/mol. The number of piperidine rings is 1. The molecule has 1 aromatic carbocycles. The highest BCUT2D eigenvalue weighted by molar-refractivity contribution is 7.87. The number of rotatable bonds is 8. The molecule has 0 spiro atoms. The summed E-state index contributed by atoms with van der Waals surface area (Å²) in [6.07, 6.45) is 8.15. The van der Waals surface area contributed by atoms with Gasteiger partial charge in [0.05, 0.1) is 35.7 Å². The van der Waals surface area contributed by atoms with Gasteiger partial charge in [0.1, 0.15) is 5.69 Å². The van der Waals surface area contributed by atoms with Crippen LogP contribution in [0.3, 0.4) is 0 Å². The lowest BCUT2D eigenvalue weighted by Crippen LogP contribution is -2.53. The normalized spacial score (nSPS) is 23.1. The quantitative estimate of drug-likeness (QED) is 0.394. The van der Waals surface area contributed by atoms with E-state index in [0.29, 0.717) is 30.8 Å².